The second-order valence-electron chi connectivity index (χ2n) is 8.56. The van der Waals surface area contributed by atoms with Gasteiger partial charge in [-0.1, -0.05) is 0 Å². The van der Waals surface area contributed by atoms with E-state index in [1.165, 1.54) is 21.3 Å². The maximum atomic E-state index is 12.0. The highest BCUT2D eigenvalue weighted by molar-refractivity contribution is 5.65. The fourth-order valence-corrected chi connectivity index (χ4v) is 5.44. The van der Waals surface area contributed by atoms with Crippen molar-refractivity contribution in [1.29, 1.82) is 0 Å². The molecule has 2 fully saturated rings. The van der Waals surface area contributed by atoms with Crippen LogP contribution in [0.15, 0.2) is 12.1 Å². The molecule has 0 unspecified atom stereocenters. The van der Waals surface area contributed by atoms with Crippen LogP contribution in [0.2, 0.25) is 0 Å². The van der Waals surface area contributed by atoms with Crippen LogP contribution in [0, 0.1) is 5.92 Å². The van der Waals surface area contributed by atoms with Gasteiger partial charge in [0.1, 0.15) is 23.2 Å². The summed E-state index contributed by atoms with van der Waals surface area (Å²) in [6, 6.07) is 3.44. The van der Waals surface area contributed by atoms with Crippen LogP contribution < -0.4 is 37.9 Å². The van der Waals surface area contributed by atoms with Crippen molar-refractivity contribution in [3.05, 3.63) is 23.3 Å². The molecule has 0 saturated carbocycles. The number of ether oxygens (including phenoxy) is 10. The maximum absolute atomic E-state index is 12.0. The minimum absolute atomic E-state index is 0.00546. The summed E-state index contributed by atoms with van der Waals surface area (Å²) in [7, 11) is 6.15. The summed E-state index contributed by atoms with van der Waals surface area (Å²) in [4.78, 5) is 0. The van der Waals surface area contributed by atoms with Gasteiger partial charge in [-0.3, -0.25) is 0 Å². The van der Waals surface area contributed by atoms with Gasteiger partial charge in [0.15, 0.2) is 23.0 Å². The summed E-state index contributed by atoms with van der Waals surface area (Å²) < 4.78 is 57.4. The Bertz CT molecular complexity index is 1170. The molecule has 11 heteroatoms. The molecule has 6 rings (SSSR count). The number of fused-ring (bicyclic) bond motifs is 3. The van der Waals surface area contributed by atoms with Crippen molar-refractivity contribution in [2.24, 2.45) is 5.92 Å². The van der Waals surface area contributed by atoms with Crippen LogP contribution in [0.25, 0.3) is 0 Å². The fraction of sp³-hybridized carbons (Fsp3) is 0.500. The first-order valence-corrected chi connectivity index (χ1v) is 11.1. The Kier molecular flexibility index (Phi) is 5.17. The van der Waals surface area contributed by atoms with E-state index < -0.39 is 23.7 Å². The number of benzene rings is 2. The fourth-order valence-electron chi connectivity index (χ4n) is 5.44. The average Bonchev–Trinajstić information content (AvgIpc) is 3.65. The van der Waals surface area contributed by atoms with Crippen molar-refractivity contribution in [2.75, 3.05) is 55.2 Å². The molecule has 0 aliphatic carbocycles. The first kappa shape index (κ1) is 22.2. The Balaban J connectivity index is 1.43. The number of rotatable bonds is 6. The largest absolute Gasteiger partial charge is 0.496 e. The van der Waals surface area contributed by atoms with Crippen LogP contribution in [0.5, 0.6) is 46.0 Å². The molecule has 0 bridgehead atoms. The van der Waals surface area contributed by atoms with E-state index in [0.717, 1.165) is 0 Å². The van der Waals surface area contributed by atoms with E-state index in [1.807, 2.05) is 0 Å². The molecule has 35 heavy (non-hydrogen) atoms. The van der Waals surface area contributed by atoms with Crippen molar-refractivity contribution >= 4 is 0 Å². The third-order valence-electron chi connectivity index (χ3n) is 7.03. The van der Waals surface area contributed by atoms with E-state index in [1.54, 1.807) is 19.2 Å². The van der Waals surface area contributed by atoms with Crippen LogP contribution >= 0.6 is 0 Å². The van der Waals surface area contributed by atoms with Crippen LogP contribution in [0.1, 0.15) is 23.3 Å². The van der Waals surface area contributed by atoms with Crippen molar-refractivity contribution in [1.82, 2.24) is 0 Å². The Morgan fingerprint density at radius 2 is 1.34 bits per heavy atom. The molecule has 2 aromatic rings. The molecule has 0 aromatic heterocycles. The topological polar surface area (TPSA) is 113 Å². The maximum Gasteiger partial charge on any atom is 0.231 e. The number of methoxy groups -OCH3 is 4. The Hall–Kier alpha value is -3.28. The lowest BCUT2D eigenvalue weighted by Crippen LogP contribution is -2.39. The minimum Gasteiger partial charge on any atom is -0.496 e. The number of hydrogen-bond acceptors (Lipinski definition) is 11. The molecule has 0 radical (unpaired) electrons. The lowest BCUT2D eigenvalue weighted by molar-refractivity contribution is -0.0644. The smallest absolute Gasteiger partial charge is 0.231 e. The Morgan fingerprint density at radius 3 is 1.91 bits per heavy atom. The molecule has 4 aliphatic heterocycles. The van der Waals surface area contributed by atoms with E-state index >= 15 is 0 Å². The number of aliphatic hydroxyl groups is 1. The quantitative estimate of drug-likeness (QED) is 0.644. The normalized spacial score (nSPS) is 27.6. The van der Waals surface area contributed by atoms with Gasteiger partial charge in [-0.15, -0.1) is 0 Å². The minimum atomic E-state index is -1.41. The van der Waals surface area contributed by atoms with Gasteiger partial charge in [-0.25, -0.2) is 0 Å². The Labute approximate surface area is 201 Å². The van der Waals surface area contributed by atoms with Crippen molar-refractivity contribution in [2.45, 2.75) is 17.8 Å². The molecule has 188 valence electrons. The molecular weight excluding hydrogens is 464 g/mol. The van der Waals surface area contributed by atoms with E-state index in [9.17, 15) is 5.11 Å². The summed E-state index contributed by atoms with van der Waals surface area (Å²) in [5, 5.41) is 12.0. The standard InChI is InChI=1S/C24H26O11/c1-26-12-5-14-19(34-9-32-14)21(28-3)16(12)18-11-7-30-23(24(11,25)8-31-18)17-13(27-2)6-15-20(22(17)29-4)35-10-33-15/h5-6,11,18,23,25H,7-10H2,1-4H3/t11-,18+,23-,24-/m1/s1. The van der Waals surface area contributed by atoms with Gasteiger partial charge in [0, 0.05) is 18.1 Å². The monoisotopic (exact) mass is 490 g/mol. The van der Waals surface area contributed by atoms with Gasteiger partial charge in [0.25, 0.3) is 0 Å². The summed E-state index contributed by atoms with van der Waals surface area (Å²) in [6.07, 6.45) is -1.42. The van der Waals surface area contributed by atoms with Gasteiger partial charge < -0.3 is 52.5 Å². The zero-order valence-corrected chi connectivity index (χ0v) is 19.7. The molecule has 0 amide bonds. The van der Waals surface area contributed by atoms with Crippen LogP contribution in [0.3, 0.4) is 0 Å². The molecule has 4 aliphatic rings. The van der Waals surface area contributed by atoms with E-state index in [0.29, 0.717) is 57.1 Å². The van der Waals surface area contributed by atoms with Crippen molar-refractivity contribution in [3.63, 3.8) is 0 Å². The predicted molar refractivity (Wildman–Crippen MR) is 117 cm³/mol. The zero-order valence-electron chi connectivity index (χ0n) is 19.7. The van der Waals surface area contributed by atoms with E-state index in [2.05, 4.69) is 0 Å². The molecule has 11 nitrogen and oxygen atoms in total. The van der Waals surface area contributed by atoms with Gasteiger partial charge in [0.2, 0.25) is 25.1 Å². The highest BCUT2D eigenvalue weighted by Crippen LogP contribution is 2.61. The van der Waals surface area contributed by atoms with Crippen molar-refractivity contribution < 1.29 is 52.5 Å². The van der Waals surface area contributed by atoms with Crippen LogP contribution in [0.4, 0.5) is 0 Å². The second-order valence-corrected chi connectivity index (χ2v) is 8.56. The lowest BCUT2D eigenvalue weighted by Gasteiger charge is -2.29. The average molecular weight is 490 g/mol. The molecule has 2 aromatic carbocycles. The molecular formula is C24H26O11. The highest BCUT2D eigenvalue weighted by atomic mass is 16.7. The summed E-state index contributed by atoms with van der Waals surface area (Å²) in [5.74, 6) is 3.24. The summed E-state index contributed by atoms with van der Waals surface area (Å²) >= 11 is 0. The third kappa shape index (κ3) is 3.01. The highest BCUT2D eigenvalue weighted by Gasteiger charge is 2.62. The first-order chi connectivity index (χ1) is 17.0. The van der Waals surface area contributed by atoms with Gasteiger partial charge in [0.05, 0.1) is 58.9 Å². The van der Waals surface area contributed by atoms with E-state index in [-0.39, 0.29) is 26.8 Å². The predicted octanol–water partition coefficient (Wildman–Crippen LogP) is 2.37. The molecule has 4 atom stereocenters. The summed E-state index contributed by atoms with van der Waals surface area (Å²) in [6.45, 7) is 0.333. The van der Waals surface area contributed by atoms with Gasteiger partial charge >= 0.3 is 0 Å². The Morgan fingerprint density at radius 1 is 0.771 bits per heavy atom. The zero-order chi connectivity index (χ0) is 24.3. The molecule has 2 saturated heterocycles. The molecule has 4 heterocycles. The number of hydrogen-bond donors (Lipinski definition) is 1. The van der Waals surface area contributed by atoms with Gasteiger partial charge in [-0.2, -0.15) is 0 Å². The van der Waals surface area contributed by atoms with Crippen LogP contribution in [-0.2, 0) is 9.47 Å². The van der Waals surface area contributed by atoms with E-state index in [4.69, 9.17) is 47.4 Å². The molecule has 0 spiro atoms. The molecule has 1 N–H and O–H groups in total. The lowest BCUT2D eigenvalue weighted by atomic mass is 9.80. The van der Waals surface area contributed by atoms with Gasteiger partial charge in [-0.05, 0) is 0 Å². The second kappa shape index (κ2) is 8.14. The first-order valence-electron chi connectivity index (χ1n) is 11.1. The third-order valence-corrected chi connectivity index (χ3v) is 7.03. The summed E-state index contributed by atoms with van der Waals surface area (Å²) in [5.41, 5.74) is -0.266. The van der Waals surface area contributed by atoms with Crippen molar-refractivity contribution in [3.8, 4) is 46.0 Å². The van der Waals surface area contributed by atoms with Crippen LogP contribution in [-0.4, -0.2) is 65.9 Å². The SMILES string of the molecule is COc1cc2c(c(OC)c1[C@H]1OC[C@]3(O)[C@@H](c4c(OC)cc5c(c4OC)OCO5)OC[C@H]13)OCO2.